The van der Waals surface area contributed by atoms with Crippen molar-refractivity contribution >= 4 is 17.8 Å². The fourth-order valence-electron chi connectivity index (χ4n) is 3.76. The fraction of sp³-hybridized carbons (Fsp3) is 0.348. The molecule has 4 atom stereocenters. The minimum absolute atomic E-state index is 0.0536. The number of phenolic OH excluding ortho intramolecular Hbond substituents is 2. The number of aliphatic hydroxyl groups is 1. The first kappa shape index (κ1) is 25.0. The molecule has 4 bridgehead atoms. The lowest BCUT2D eigenvalue weighted by molar-refractivity contribution is -0.142. The van der Waals surface area contributed by atoms with E-state index in [0.29, 0.717) is 16.7 Å². The van der Waals surface area contributed by atoms with E-state index in [1.54, 1.807) is 24.3 Å². The summed E-state index contributed by atoms with van der Waals surface area (Å²) in [4.78, 5) is 37.5. The zero-order valence-corrected chi connectivity index (χ0v) is 18.3. The Kier molecular flexibility index (Phi) is 7.72. The van der Waals surface area contributed by atoms with E-state index in [1.807, 2.05) is 0 Å². The number of hydrogen-bond acceptors (Lipinski definition) is 8. The molecule has 1 aliphatic heterocycles. The summed E-state index contributed by atoms with van der Waals surface area (Å²) in [6, 6.07) is 5.46. The number of aromatic hydroxyl groups is 2. The van der Waals surface area contributed by atoms with E-state index in [-0.39, 0.29) is 42.9 Å². The van der Waals surface area contributed by atoms with Crippen LogP contribution in [0.2, 0.25) is 0 Å². The van der Waals surface area contributed by atoms with Gasteiger partial charge in [-0.15, -0.1) is 0 Å². The van der Waals surface area contributed by atoms with E-state index in [2.05, 4.69) is 10.6 Å². The molecule has 3 unspecified atom stereocenters. The van der Waals surface area contributed by atoms with Crippen molar-refractivity contribution in [1.82, 2.24) is 10.6 Å². The molecule has 11 nitrogen and oxygen atoms in total. The lowest BCUT2D eigenvalue weighted by atomic mass is 9.95. The molecule has 0 aromatic heterocycles. The van der Waals surface area contributed by atoms with Crippen LogP contribution >= 0.6 is 0 Å². The van der Waals surface area contributed by atoms with Crippen LogP contribution in [0.15, 0.2) is 36.4 Å². The van der Waals surface area contributed by atoms with Crippen molar-refractivity contribution < 1.29 is 34.8 Å². The Balaban J connectivity index is 2.09. The van der Waals surface area contributed by atoms with Crippen LogP contribution in [-0.4, -0.2) is 69.0 Å². The standard InChI is InChI=1S/C23H28N4O7/c24-10-15(28)9-17-22(32)27-18(23(33)34)8-14-6-12(2-4-20(14)30)11-1-3-19(29)13(5-11)7-16(25)21(31)26-17/h1-6,15-18,28-30H,7-10,24-25H2,(H,26,31)(H,27,32)(H,33,34)/t15?,16?,17-,18?/m0/s1. The highest BCUT2D eigenvalue weighted by Crippen LogP contribution is 2.30. The Labute approximate surface area is 195 Å². The van der Waals surface area contributed by atoms with Crippen molar-refractivity contribution in [2.45, 2.75) is 43.5 Å². The molecule has 0 saturated carbocycles. The Bertz CT molecular complexity index is 1090. The number of carboxylic acids is 1. The lowest BCUT2D eigenvalue weighted by Crippen LogP contribution is -2.56. The summed E-state index contributed by atoms with van der Waals surface area (Å²) >= 11 is 0. The molecular weight excluding hydrogens is 444 g/mol. The SMILES string of the molecule is NCC(O)C[C@@H]1NC(=O)C(N)Cc2cc(ccc2O)-c2ccc(O)c(c2)CC(C(=O)O)NC1=O. The minimum atomic E-state index is -1.43. The van der Waals surface area contributed by atoms with Gasteiger partial charge in [0.2, 0.25) is 11.8 Å². The molecule has 0 fully saturated rings. The number of nitrogens with two attached hydrogens (primary N) is 2. The summed E-state index contributed by atoms with van der Waals surface area (Å²) in [5.74, 6) is -3.16. The molecule has 3 rings (SSSR count). The average molecular weight is 472 g/mol. The molecule has 0 radical (unpaired) electrons. The molecule has 2 aromatic rings. The molecular formula is C23H28N4O7. The zero-order valence-electron chi connectivity index (χ0n) is 18.3. The molecule has 0 saturated heterocycles. The third-order valence-corrected chi connectivity index (χ3v) is 5.72. The van der Waals surface area contributed by atoms with Crippen LogP contribution in [0.25, 0.3) is 11.1 Å². The van der Waals surface area contributed by atoms with Gasteiger partial charge in [-0.1, -0.05) is 12.1 Å². The van der Waals surface area contributed by atoms with E-state index in [1.165, 1.54) is 12.1 Å². The average Bonchev–Trinajstić information content (AvgIpc) is 2.79. The molecule has 2 amide bonds. The summed E-state index contributed by atoms with van der Waals surface area (Å²) in [6.45, 7) is -0.185. The van der Waals surface area contributed by atoms with Crippen LogP contribution in [0.1, 0.15) is 17.5 Å². The largest absolute Gasteiger partial charge is 0.508 e. The van der Waals surface area contributed by atoms with Gasteiger partial charge >= 0.3 is 5.97 Å². The summed E-state index contributed by atoms with van der Waals surface area (Å²) in [5, 5.41) is 45.0. The monoisotopic (exact) mass is 472 g/mol. The number of fused-ring (bicyclic) bond motifs is 5. The van der Waals surface area contributed by atoms with Crippen LogP contribution < -0.4 is 22.1 Å². The van der Waals surface area contributed by atoms with Crippen molar-refractivity contribution in [2.24, 2.45) is 11.5 Å². The maximum atomic E-state index is 12.9. The number of carboxylic acid groups (broad SMARTS) is 1. The molecule has 11 heteroatoms. The second kappa shape index (κ2) is 10.5. The predicted octanol–water partition coefficient (Wildman–Crippen LogP) is -1.05. The molecule has 182 valence electrons. The van der Waals surface area contributed by atoms with Crippen LogP contribution in [0, 0.1) is 0 Å². The molecule has 1 aliphatic rings. The number of nitrogens with one attached hydrogen (secondary N) is 2. The first-order valence-corrected chi connectivity index (χ1v) is 10.7. The number of benzene rings is 2. The van der Waals surface area contributed by atoms with E-state index in [9.17, 15) is 34.8 Å². The van der Waals surface area contributed by atoms with Crippen molar-refractivity contribution in [2.75, 3.05) is 6.54 Å². The van der Waals surface area contributed by atoms with Crippen molar-refractivity contribution in [3.63, 3.8) is 0 Å². The van der Waals surface area contributed by atoms with E-state index in [4.69, 9.17) is 11.5 Å². The van der Waals surface area contributed by atoms with Gasteiger partial charge in [-0.25, -0.2) is 4.79 Å². The second-order valence-corrected chi connectivity index (χ2v) is 8.29. The van der Waals surface area contributed by atoms with Gasteiger partial charge in [-0.05, 0) is 46.5 Å². The zero-order chi connectivity index (χ0) is 25.0. The Morgan fingerprint density at radius 2 is 1.53 bits per heavy atom. The van der Waals surface area contributed by atoms with Crippen LogP contribution in [0.4, 0.5) is 0 Å². The summed E-state index contributed by atoms with van der Waals surface area (Å²) in [7, 11) is 0. The number of amides is 2. The Morgan fingerprint density at radius 1 is 0.971 bits per heavy atom. The normalized spacial score (nSPS) is 22.0. The first-order valence-electron chi connectivity index (χ1n) is 10.7. The van der Waals surface area contributed by atoms with Crippen molar-refractivity contribution in [1.29, 1.82) is 0 Å². The van der Waals surface area contributed by atoms with E-state index >= 15 is 0 Å². The van der Waals surface area contributed by atoms with Crippen molar-refractivity contribution in [3.05, 3.63) is 47.5 Å². The van der Waals surface area contributed by atoms with Gasteiger partial charge in [0.05, 0.1) is 12.1 Å². The van der Waals surface area contributed by atoms with Gasteiger partial charge in [-0.2, -0.15) is 0 Å². The van der Waals surface area contributed by atoms with Crippen LogP contribution in [0.3, 0.4) is 0 Å². The maximum absolute atomic E-state index is 12.9. The number of aliphatic carboxylic acids is 1. The van der Waals surface area contributed by atoms with Crippen LogP contribution in [0.5, 0.6) is 11.5 Å². The summed E-state index contributed by atoms with van der Waals surface area (Å²) in [6.07, 6.45) is -1.71. The highest BCUT2D eigenvalue weighted by molar-refractivity contribution is 5.92. The van der Waals surface area contributed by atoms with Gasteiger partial charge in [0, 0.05) is 25.8 Å². The number of hydrogen-bond donors (Lipinski definition) is 8. The maximum Gasteiger partial charge on any atom is 0.326 e. The topological polar surface area (TPSA) is 208 Å². The summed E-state index contributed by atoms with van der Waals surface area (Å²) in [5.41, 5.74) is 13.4. The van der Waals surface area contributed by atoms with Crippen LogP contribution in [-0.2, 0) is 27.2 Å². The van der Waals surface area contributed by atoms with Gasteiger partial charge in [-0.3, -0.25) is 9.59 Å². The molecule has 2 aromatic carbocycles. The summed E-state index contributed by atoms with van der Waals surface area (Å²) < 4.78 is 0. The highest BCUT2D eigenvalue weighted by atomic mass is 16.4. The third kappa shape index (κ3) is 5.81. The highest BCUT2D eigenvalue weighted by Gasteiger charge is 2.30. The quantitative estimate of drug-likeness (QED) is 0.273. The number of phenols is 2. The number of carbonyl (C=O) groups excluding carboxylic acids is 2. The first-order chi connectivity index (χ1) is 16.1. The Hall–Kier alpha value is -3.67. The van der Waals surface area contributed by atoms with E-state index < -0.39 is 42.0 Å². The smallest absolute Gasteiger partial charge is 0.326 e. The number of carbonyl (C=O) groups is 3. The van der Waals surface area contributed by atoms with Gasteiger partial charge < -0.3 is 42.5 Å². The predicted molar refractivity (Wildman–Crippen MR) is 122 cm³/mol. The molecule has 34 heavy (non-hydrogen) atoms. The second-order valence-electron chi connectivity index (χ2n) is 8.29. The molecule has 0 aliphatic carbocycles. The lowest BCUT2D eigenvalue weighted by Gasteiger charge is -2.24. The third-order valence-electron chi connectivity index (χ3n) is 5.72. The number of rotatable bonds is 4. The minimum Gasteiger partial charge on any atom is -0.508 e. The van der Waals surface area contributed by atoms with Crippen molar-refractivity contribution in [3.8, 4) is 22.6 Å². The molecule has 0 spiro atoms. The van der Waals surface area contributed by atoms with Gasteiger partial charge in [0.1, 0.15) is 23.6 Å². The Morgan fingerprint density at radius 3 is 2.06 bits per heavy atom. The fourth-order valence-corrected chi connectivity index (χ4v) is 3.76. The molecule has 1 heterocycles. The molecule has 10 N–H and O–H groups in total. The van der Waals surface area contributed by atoms with Gasteiger partial charge in [0.15, 0.2) is 0 Å². The number of aliphatic hydroxyl groups excluding tert-OH is 1. The van der Waals surface area contributed by atoms with Gasteiger partial charge in [0.25, 0.3) is 0 Å². The van der Waals surface area contributed by atoms with E-state index in [0.717, 1.165) is 0 Å².